The predicted octanol–water partition coefficient (Wildman–Crippen LogP) is 1.39. The molecule has 0 bridgehead atoms. The fraction of sp³-hybridized carbons (Fsp3) is 0.389. The summed E-state index contributed by atoms with van der Waals surface area (Å²) in [5.74, 6) is 0.0903. The minimum atomic E-state index is -0.502. The molecule has 120 valence electrons. The van der Waals surface area contributed by atoms with E-state index < -0.39 is 6.10 Å². The maximum atomic E-state index is 12.5. The van der Waals surface area contributed by atoms with Gasteiger partial charge >= 0.3 is 0 Å². The van der Waals surface area contributed by atoms with Crippen molar-refractivity contribution in [3.63, 3.8) is 0 Å². The molecular formula is C18H21N3O2. The normalized spacial score (nSPS) is 20.7. The van der Waals surface area contributed by atoms with Crippen molar-refractivity contribution in [1.29, 1.82) is 0 Å². The average Bonchev–Trinajstić information content (AvgIpc) is 2.92. The van der Waals surface area contributed by atoms with Crippen LogP contribution in [0.25, 0.3) is 0 Å². The lowest BCUT2D eigenvalue weighted by molar-refractivity contribution is -0.129. The molecule has 3 rings (SSSR count). The summed E-state index contributed by atoms with van der Waals surface area (Å²) in [6.45, 7) is 2.98. The molecule has 1 N–H and O–H groups in total. The van der Waals surface area contributed by atoms with Crippen LogP contribution in [0.4, 0.5) is 0 Å². The van der Waals surface area contributed by atoms with Crippen LogP contribution in [0.15, 0.2) is 42.9 Å². The van der Waals surface area contributed by atoms with Crippen molar-refractivity contribution in [1.82, 2.24) is 14.9 Å². The van der Waals surface area contributed by atoms with Gasteiger partial charge in [0.15, 0.2) is 0 Å². The monoisotopic (exact) mass is 311 g/mol. The smallest absolute Gasteiger partial charge is 0.227 e. The molecule has 1 saturated heterocycles. The third-order valence-electron chi connectivity index (χ3n) is 4.45. The third kappa shape index (κ3) is 3.74. The van der Waals surface area contributed by atoms with E-state index in [0.717, 1.165) is 16.8 Å². The highest BCUT2D eigenvalue weighted by Crippen LogP contribution is 2.22. The number of nitrogens with zero attached hydrogens (tertiary/aromatic N) is 3. The molecule has 1 aliphatic heterocycles. The van der Waals surface area contributed by atoms with E-state index in [1.165, 1.54) is 0 Å². The lowest BCUT2D eigenvalue weighted by atomic mass is 10.0. The lowest BCUT2D eigenvalue weighted by Gasteiger charge is -2.17. The van der Waals surface area contributed by atoms with Crippen LogP contribution >= 0.6 is 0 Å². The summed E-state index contributed by atoms with van der Waals surface area (Å²) in [6, 6.07) is 7.92. The van der Waals surface area contributed by atoms with E-state index in [1.807, 2.05) is 31.2 Å². The Morgan fingerprint density at radius 2 is 2.13 bits per heavy atom. The van der Waals surface area contributed by atoms with E-state index in [2.05, 4.69) is 9.97 Å². The first-order valence-electron chi connectivity index (χ1n) is 7.88. The first-order valence-corrected chi connectivity index (χ1v) is 7.88. The molecule has 0 radical (unpaired) electrons. The van der Waals surface area contributed by atoms with Crippen LogP contribution in [0.2, 0.25) is 0 Å². The Balaban J connectivity index is 1.62. The number of carbonyl (C=O) groups is 1. The van der Waals surface area contributed by atoms with Crippen LogP contribution in [-0.2, 0) is 17.6 Å². The third-order valence-corrected chi connectivity index (χ3v) is 4.45. The van der Waals surface area contributed by atoms with E-state index in [4.69, 9.17) is 0 Å². The molecule has 1 amide bonds. The summed E-state index contributed by atoms with van der Waals surface area (Å²) in [5.41, 5.74) is 3.02. The molecule has 1 aromatic carbocycles. The molecule has 0 spiro atoms. The van der Waals surface area contributed by atoms with Crippen LogP contribution in [0.1, 0.15) is 16.8 Å². The van der Waals surface area contributed by atoms with Gasteiger partial charge in [-0.2, -0.15) is 0 Å². The van der Waals surface area contributed by atoms with Crippen LogP contribution in [-0.4, -0.2) is 45.1 Å². The number of rotatable bonds is 4. The van der Waals surface area contributed by atoms with E-state index in [1.54, 1.807) is 23.5 Å². The molecule has 2 atom stereocenters. The first kappa shape index (κ1) is 15.6. The number of aryl methyl sites for hydroxylation is 1. The molecule has 2 aromatic rings. The zero-order valence-corrected chi connectivity index (χ0v) is 13.2. The second-order valence-corrected chi connectivity index (χ2v) is 6.13. The Bertz CT molecular complexity index is 675. The zero-order valence-electron chi connectivity index (χ0n) is 13.2. The molecule has 1 fully saturated rings. The zero-order chi connectivity index (χ0) is 16.2. The van der Waals surface area contributed by atoms with Crippen LogP contribution in [0.3, 0.4) is 0 Å². The highest BCUT2D eigenvalue weighted by atomic mass is 16.3. The van der Waals surface area contributed by atoms with Gasteiger partial charge in [-0.15, -0.1) is 0 Å². The largest absolute Gasteiger partial charge is 0.391 e. The van der Waals surface area contributed by atoms with E-state index in [0.29, 0.717) is 25.9 Å². The first-order chi connectivity index (χ1) is 11.1. The molecule has 1 aliphatic rings. The minimum absolute atomic E-state index is 0.0209. The molecule has 5 nitrogen and oxygen atoms in total. The second kappa shape index (κ2) is 6.87. The number of likely N-dealkylation sites (tertiary alicyclic amines) is 1. The van der Waals surface area contributed by atoms with Gasteiger partial charge in [0.2, 0.25) is 5.91 Å². The van der Waals surface area contributed by atoms with Gasteiger partial charge in [0.25, 0.3) is 0 Å². The SMILES string of the molecule is Cc1ccccc1CC(=O)N1CC(O)C(Cc2cnccn2)C1. The molecule has 23 heavy (non-hydrogen) atoms. The summed E-state index contributed by atoms with van der Waals surface area (Å²) < 4.78 is 0. The number of β-amino-alcohol motifs (C(OH)–C–C–N with tert-alkyl or cyclic N) is 1. The molecule has 2 heterocycles. The summed E-state index contributed by atoms with van der Waals surface area (Å²) in [4.78, 5) is 22.6. The highest BCUT2D eigenvalue weighted by Gasteiger charge is 2.34. The number of hydrogen-bond donors (Lipinski definition) is 1. The molecule has 5 heteroatoms. The van der Waals surface area contributed by atoms with Crippen molar-refractivity contribution >= 4 is 5.91 Å². The van der Waals surface area contributed by atoms with Gasteiger partial charge in [-0.1, -0.05) is 24.3 Å². The Morgan fingerprint density at radius 1 is 1.30 bits per heavy atom. The van der Waals surface area contributed by atoms with Gasteiger partial charge in [-0.3, -0.25) is 14.8 Å². The van der Waals surface area contributed by atoms with Gasteiger partial charge < -0.3 is 10.0 Å². The Hall–Kier alpha value is -2.27. The van der Waals surface area contributed by atoms with Gasteiger partial charge in [0.1, 0.15) is 0 Å². The molecular weight excluding hydrogens is 290 g/mol. The number of benzene rings is 1. The van der Waals surface area contributed by atoms with Crippen molar-refractivity contribution in [2.24, 2.45) is 5.92 Å². The lowest BCUT2D eigenvalue weighted by Crippen LogP contribution is -2.31. The van der Waals surface area contributed by atoms with Crippen LogP contribution in [0, 0.1) is 12.8 Å². The van der Waals surface area contributed by atoms with E-state index >= 15 is 0 Å². The molecule has 2 unspecified atom stereocenters. The number of carbonyl (C=O) groups excluding carboxylic acids is 1. The molecule has 0 aliphatic carbocycles. The fourth-order valence-corrected chi connectivity index (χ4v) is 3.05. The van der Waals surface area contributed by atoms with Crippen molar-refractivity contribution in [3.8, 4) is 0 Å². The van der Waals surface area contributed by atoms with Crippen molar-refractivity contribution in [3.05, 3.63) is 59.7 Å². The van der Waals surface area contributed by atoms with Crippen molar-refractivity contribution in [2.45, 2.75) is 25.9 Å². The summed E-state index contributed by atoms with van der Waals surface area (Å²) in [7, 11) is 0. The number of aliphatic hydroxyl groups is 1. The van der Waals surface area contributed by atoms with Crippen LogP contribution in [0.5, 0.6) is 0 Å². The van der Waals surface area contributed by atoms with Gasteiger partial charge in [-0.25, -0.2) is 0 Å². The Morgan fingerprint density at radius 3 is 2.87 bits per heavy atom. The number of hydrogen-bond acceptors (Lipinski definition) is 4. The van der Waals surface area contributed by atoms with Crippen molar-refractivity contribution in [2.75, 3.05) is 13.1 Å². The number of amides is 1. The van der Waals surface area contributed by atoms with E-state index in [9.17, 15) is 9.90 Å². The highest BCUT2D eigenvalue weighted by molar-refractivity contribution is 5.79. The second-order valence-electron chi connectivity index (χ2n) is 6.13. The summed E-state index contributed by atoms with van der Waals surface area (Å²) >= 11 is 0. The number of aromatic nitrogens is 2. The molecule has 1 aromatic heterocycles. The van der Waals surface area contributed by atoms with E-state index in [-0.39, 0.29) is 11.8 Å². The van der Waals surface area contributed by atoms with Gasteiger partial charge in [0, 0.05) is 37.6 Å². The summed E-state index contributed by atoms with van der Waals surface area (Å²) in [6.07, 6.45) is 5.52. The fourth-order valence-electron chi connectivity index (χ4n) is 3.05. The van der Waals surface area contributed by atoms with Gasteiger partial charge in [0.05, 0.1) is 18.2 Å². The topological polar surface area (TPSA) is 66.3 Å². The predicted molar refractivity (Wildman–Crippen MR) is 86.7 cm³/mol. The average molecular weight is 311 g/mol. The maximum absolute atomic E-state index is 12.5. The Kier molecular flexibility index (Phi) is 4.67. The maximum Gasteiger partial charge on any atom is 0.227 e. The Labute approximate surface area is 136 Å². The van der Waals surface area contributed by atoms with Crippen LogP contribution < -0.4 is 0 Å². The number of aliphatic hydroxyl groups excluding tert-OH is 1. The molecule has 0 saturated carbocycles. The standard InChI is InChI=1S/C18H21N3O2/c1-13-4-2-3-5-14(13)9-18(23)21-11-15(17(22)12-21)8-16-10-19-6-7-20-16/h2-7,10,15,17,22H,8-9,11-12H2,1H3. The summed E-state index contributed by atoms with van der Waals surface area (Å²) in [5, 5.41) is 10.2. The quantitative estimate of drug-likeness (QED) is 0.926. The van der Waals surface area contributed by atoms with Crippen molar-refractivity contribution < 1.29 is 9.90 Å². The van der Waals surface area contributed by atoms with Gasteiger partial charge in [-0.05, 0) is 24.5 Å². The minimum Gasteiger partial charge on any atom is -0.391 e.